The van der Waals surface area contributed by atoms with Gasteiger partial charge in [0, 0.05) is 6.66 Å². The molecule has 1 saturated heterocycles. The lowest BCUT2D eigenvalue weighted by Gasteiger charge is -2.26. The van der Waals surface area contributed by atoms with Crippen molar-refractivity contribution in [3.63, 3.8) is 0 Å². The van der Waals surface area contributed by atoms with Gasteiger partial charge in [-0.25, -0.2) is 14.5 Å². The number of aromatic nitrogens is 4. The molecule has 4 rings (SSSR count). The maximum atomic E-state index is 15.7. The van der Waals surface area contributed by atoms with Crippen LogP contribution in [0.1, 0.15) is 59.1 Å². The predicted octanol–water partition coefficient (Wildman–Crippen LogP) is 2.67. The van der Waals surface area contributed by atoms with Crippen LogP contribution in [0, 0.1) is 0 Å². The zero-order chi connectivity index (χ0) is 28.6. The normalized spacial score (nSPS) is 30.2. The van der Waals surface area contributed by atoms with Gasteiger partial charge >= 0.3 is 12.0 Å². The van der Waals surface area contributed by atoms with Gasteiger partial charge in [-0.2, -0.15) is 23.9 Å². The molecule has 0 spiro atoms. The van der Waals surface area contributed by atoms with Gasteiger partial charge in [0.05, 0.1) is 12.9 Å². The number of nitrogens with two attached hydrogens (primary N) is 1. The van der Waals surface area contributed by atoms with Gasteiger partial charge in [0.25, 0.3) is 7.52 Å². The van der Waals surface area contributed by atoms with Crippen LogP contribution in [0.25, 0.3) is 11.2 Å². The topological polar surface area (TPSA) is 182 Å². The van der Waals surface area contributed by atoms with Crippen LogP contribution >= 0.6 is 7.52 Å². The minimum absolute atomic E-state index is 0.0121. The van der Waals surface area contributed by atoms with E-state index >= 15 is 8.78 Å². The quantitative estimate of drug-likeness (QED) is 0.162. The van der Waals surface area contributed by atoms with Crippen molar-refractivity contribution in [1.82, 2.24) is 24.6 Å². The Morgan fingerprint density at radius 3 is 2.72 bits per heavy atom. The molecule has 3 heterocycles. The standard InChI is InChI=1S/C22H33F2N6O8P/c1-5-34-16-14-15(27-20(25)28-16)30(11-26-14)19-21(3,23)18(32)22(24,36-19)37-38-39(4,33)29-12(2)17(31)35-13-9-7-6-8-10-13/h11-13,18-19,32H,5-10H2,1-4H3,(H,29,33)(H2,25,27,28)/t12-,18-,19+,21+,22-,39+/m0/s1. The Balaban J connectivity index is 1.46. The van der Waals surface area contributed by atoms with Crippen LogP contribution in [-0.2, 0) is 28.4 Å². The van der Waals surface area contributed by atoms with Crippen LogP contribution in [-0.4, -0.2) is 73.8 Å². The van der Waals surface area contributed by atoms with Gasteiger partial charge in [-0.05, 0) is 46.5 Å². The van der Waals surface area contributed by atoms with E-state index < -0.39 is 43.6 Å². The van der Waals surface area contributed by atoms with Gasteiger partial charge in [-0.15, -0.1) is 0 Å². The van der Waals surface area contributed by atoms with E-state index in [-0.39, 0.29) is 35.7 Å². The van der Waals surface area contributed by atoms with Crippen molar-refractivity contribution in [2.24, 2.45) is 0 Å². The van der Waals surface area contributed by atoms with Crippen LogP contribution in [0.4, 0.5) is 14.7 Å². The summed E-state index contributed by atoms with van der Waals surface area (Å²) in [6.45, 7) is 5.18. The Kier molecular flexibility index (Phi) is 8.45. The Morgan fingerprint density at radius 1 is 1.36 bits per heavy atom. The highest BCUT2D eigenvalue weighted by Gasteiger charge is 2.67. The third kappa shape index (κ3) is 6.15. The number of nitrogen functional groups attached to an aromatic ring is 1. The van der Waals surface area contributed by atoms with E-state index in [0.717, 1.165) is 56.6 Å². The van der Waals surface area contributed by atoms with Crippen molar-refractivity contribution >= 4 is 30.6 Å². The fourth-order valence-corrected chi connectivity index (χ4v) is 5.61. The average molecular weight is 579 g/mol. The number of ether oxygens (including phenoxy) is 3. The molecule has 2 aliphatic rings. The van der Waals surface area contributed by atoms with Gasteiger partial charge in [0.15, 0.2) is 29.2 Å². The number of carbonyl (C=O) groups is 1. The molecule has 2 aromatic rings. The number of aliphatic hydroxyl groups excluding tert-OH is 1. The predicted molar refractivity (Wildman–Crippen MR) is 132 cm³/mol. The van der Waals surface area contributed by atoms with Crippen molar-refractivity contribution in [1.29, 1.82) is 0 Å². The molecule has 0 amide bonds. The molecular formula is C22H33F2N6O8P. The number of nitrogens with zero attached hydrogens (tertiary/aromatic N) is 4. The van der Waals surface area contributed by atoms with Crippen molar-refractivity contribution < 1.29 is 47.0 Å². The number of anilines is 1. The van der Waals surface area contributed by atoms with E-state index in [4.69, 9.17) is 24.6 Å². The van der Waals surface area contributed by atoms with Gasteiger partial charge in [-0.3, -0.25) is 18.7 Å². The number of fused-ring (bicyclic) bond motifs is 1. The largest absolute Gasteiger partial charge is 0.476 e. The lowest BCUT2D eigenvalue weighted by Crippen LogP contribution is -2.46. The summed E-state index contributed by atoms with van der Waals surface area (Å²) in [7, 11) is -4.06. The van der Waals surface area contributed by atoms with Crippen LogP contribution in [0.2, 0.25) is 0 Å². The van der Waals surface area contributed by atoms with E-state index in [9.17, 15) is 14.5 Å². The van der Waals surface area contributed by atoms with Crippen molar-refractivity contribution in [2.45, 2.75) is 89.1 Å². The van der Waals surface area contributed by atoms with Crippen molar-refractivity contribution in [3.05, 3.63) is 6.33 Å². The molecule has 0 aromatic carbocycles. The second-order valence-electron chi connectivity index (χ2n) is 9.80. The first-order valence-electron chi connectivity index (χ1n) is 12.6. The first kappa shape index (κ1) is 29.5. The van der Waals surface area contributed by atoms with E-state index in [1.807, 2.05) is 0 Å². The molecule has 218 valence electrons. The number of halogens is 2. The summed E-state index contributed by atoms with van der Waals surface area (Å²) in [4.78, 5) is 29.0. The first-order chi connectivity index (χ1) is 18.3. The molecule has 14 nitrogen and oxygen atoms in total. The highest BCUT2D eigenvalue weighted by Crippen LogP contribution is 2.51. The summed E-state index contributed by atoms with van der Waals surface area (Å²) in [5, 5.41) is 12.9. The van der Waals surface area contributed by atoms with Crippen LogP contribution in [0.15, 0.2) is 6.33 Å². The van der Waals surface area contributed by atoms with Crippen molar-refractivity contribution in [3.8, 4) is 5.88 Å². The summed E-state index contributed by atoms with van der Waals surface area (Å²) in [5.74, 6) is -0.888. The molecule has 2 fully saturated rings. The van der Waals surface area contributed by atoms with Gasteiger partial charge in [0.1, 0.15) is 12.1 Å². The third-order valence-electron chi connectivity index (χ3n) is 6.47. The Bertz CT molecular complexity index is 1240. The molecule has 0 bridgehead atoms. The molecule has 39 heavy (non-hydrogen) atoms. The monoisotopic (exact) mass is 578 g/mol. The number of hydrogen-bond acceptors (Lipinski definition) is 12. The van der Waals surface area contributed by atoms with Crippen LogP contribution in [0.5, 0.6) is 5.88 Å². The average Bonchev–Trinajstić information content (AvgIpc) is 3.36. The first-order valence-corrected chi connectivity index (χ1v) is 14.6. The molecule has 1 aliphatic heterocycles. The Labute approximate surface area is 222 Å². The highest BCUT2D eigenvalue weighted by atomic mass is 31.2. The van der Waals surface area contributed by atoms with Crippen LogP contribution < -0.4 is 15.6 Å². The maximum absolute atomic E-state index is 15.7. The highest BCUT2D eigenvalue weighted by molar-refractivity contribution is 7.55. The molecule has 0 radical (unpaired) electrons. The lowest BCUT2D eigenvalue weighted by molar-refractivity contribution is -0.447. The molecule has 17 heteroatoms. The molecule has 1 aliphatic carbocycles. The number of rotatable bonds is 10. The summed E-state index contributed by atoms with van der Waals surface area (Å²) >= 11 is 0. The van der Waals surface area contributed by atoms with Gasteiger partial charge in [0.2, 0.25) is 11.8 Å². The fourth-order valence-electron chi connectivity index (χ4n) is 4.51. The van der Waals surface area contributed by atoms with E-state index in [1.54, 1.807) is 6.92 Å². The number of hydrogen-bond donors (Lipinski definition) is 3. The molecule has 4 N–H and O–H groups in total. The smallest absolute Gasteiger partial charge is 0.379 e. The lowest BCUT2D eigenvalue weighted by atomic mass is 9.98. The molecular weight excluding hydrogens is 545 g/mol. The third-order valence-corrected chi connectivity index (χ3v) is 7.68. The Hall–Kier alpha value is -2.49. The number of carbonyl (C=O) groups excluding carboxylic acids is 1. The zero-order valence-corrected chi connectivity index (χ0v) is 22.9. The number of imidazole rings is 1. The Morgan fingerprint density at radius 2 is 2.05 bits per heavy atom. The summed E-state index contributed by atoms with van der Waals surface area (Å²) < 4.78 is 65.9. The fraction of sp³-hybridized carbons (Fsp3) is 0.727. The maximum Gasteiger partial charge on any atom is 0.379 e. The van der Waals surface area contributed by atoms with E-state index in [1.165, 1.54) is 6.92 Å². The van der Waals surface area contributed by atoms with E-state index in [0.29, 0.717) is 0 Å². The SMILES string of the molecule is CCOc1nc(N)nc2c1ncn2[C@@H]1O[C@](F)(OO[P@@](C)(=O)N[C@@H](C)C(=O)OC2CCCCC2)[C@@H](O)[C@@]1(C)F. The zero-order valence-electron chi connectivity index (χ0n) is 22.0. The second-order valence-corrected chi connectivity index (χ2v) is 11.9. The minimum atomic E-state index is -4.06. The molecule has 1 saturated carbocycles. The number of esters is 1. The van der Waals surface area contributed by atoms with Gasteiger partial charge < -0.3 is 20.3 Å². The second kappa shape index (κ2) is 11.2. The summed E-state index contributed by atoms with van der Waals surface area (Å²) in [6.07, 6.45) is 0.823. The number of nitrogens with one attached hydrogen (secondary N) is 1. The molecule has 0 unspecified atom stereocenters. The van der Waals surface area contributed by atoms with Crippen molar-refractivity contribution in [2.75, 3.05) is 19.0 Å². The summed E-state index contributed by atoms with van der Waals surface area (Å²) in [6, 6.07) is -4.72. The van der Waals surface area contributed by atoms with Crippen LogP contribution in [0.3, 0.4) is 0 Å². The van der Waals surface area contributed by atoms with E-state index in [2.05, 4.69) is 24.9 Å². The number of aliphatic hydroxyl groups is 1. The molecule has 2 aromatic heterocycles. The molecule has 6 atom stereocenters. The minimum Gasteiger partial charge on any atom is -0.476 e. The van der Waals surface area contributed by atoms with Gasteiger partial charge in [-0.1, -0.05) is 6.42 Å². The summed E-state index contributed by atoms with van der Waals surface area (Å²) in [5.41, 5.74) is 2.91. The number of alkyl halides is 2.